The van der Waals surface area contributed by atoms with Gasteiger partial charge in [-0.3, -0.25) is 9.59 Å². The standard InChI is InChI=1S/C15H16FN3O3S/c1-2-13-10(6-19-23-13)8-3-4-11(16)9(5-8)14(20)18-7-12(17)15(21)22/h3-6,12H,2,7,17H2,1H3,(H,18,20)(H,21,22)/t12-/m1/s1. The maximum absolute atomic E-state index is 13.9. The summed E-state index contributed by atoms with van der Waals surface area (Å²) in [7, 11) is 0. The maximum atomic E-state index is 13.9. The number of aliphatic carboxylic acids is 1. The second kappa shape index (κ2) is 7.30. The topological polar surface area (TPSA) is 105 Å². The average molecular weight is 337 g/mol. The highest BCUT2D eigenvalue weighted by Crippen LogP contribution is 2.28. The Hall–Kier alpha value is -2.32. The third-order valence-corrected chi connectivity index (χ3v) is 4.23. The zero-order valence-corrected chi connectivity index (χ0v) is 13.2. The van der Waals surface area contributed by atoms with Crippen LogP contribution < -0.4 is 11.1 Å². The number of halogens is 1. The van der Waals surface area contributed by atoms with E-state index < -0.39 is 23.7 Å². The molecule has 0 aliphatic carbocycles. The van der Waals surface area contributed by atoms with Gasteiger partial charge in [0.05, 0.1) is 5.56 Å². The van der Waals surface area contributed by atoms with Crippen molar-refractivity contribution in [1.29, 1.82) is 0 Å². The summed E-state index contributed by atoms with van der Waals surface area (Å²) < 4.78 is 18.0. The quantitative estimate of drug-likeness (QED) is 0.743. The fourth-order valence-electron chi connectivity index (χ4n) is 2.01. The number of nitrogens with one attached hydrogen (secondary N) is 1. The Bertz CT molecular complexity index is 733. The fraction of sp³-hybridized carbons (Fsp3) is 0.267. The summed E-state index contributed by atoms with van der Waals surface area (Å²) in [5.74, 6) is -2.63. The molecule has 1 aromatic heterocycles. The fourth-order valence-corrected chi connectivity index (χ4v) is 2.69. The van der Waals surface area contributed by atoms with Crippen LogP contribution in [0.1, 0.15) is 22.2 Å². The molecule has 1 atom stereocenters. The van der Waals surface area contributed by atoms with Crippen LogP contribution in [0.5, 0.6) is 0 Å². The highest BCUT2D eigenvalue weighted by Gasteiger charge is 2.17. The van der Waals surface area contributed by atoms with Crippen molar-refractivity contribution in [3.63, 3.8) is 0 Å². The lowest BCUT2D eigenvalue weighted by Crippen LogP contribution is -2.42. The van der Waals surface area contributed by atoms with Crippen molar-refractivity contribution in [3.05, 3.63) is 40.7 Å². The van der Waals surface area contributed by atoms with E-state index in [9.17, 15) is 14.0 Å². The molecule has 23 heavy (non-hydrogen) atoms. The van der Waals surface area contributed by atoms with E-state index in [0.717, 1.165) is 16.9 Å². The number of hydrogen-bond donors (Lipinski definition) is 3. The molecule has 2 rings (SSSR count). The second-order valence-electron chi connectivity index (χ2n) is 4.87. The number of aromatic nitrogens is 1. The summed E-state index contributed by atoms with van der Waals surface area (Å²) in [6.07, 6.45) is 2.46. The van der Waals surface area contributed by atoms with E-state index in [2.05, 4.69) is 9.69 Å². The van der Waals surface area contributed by atoms with Gasteiger partial charge in [-0.1, -0.05) is 13.0 Å². The van der Waals surface area contributed by atoms with Crippen molar-refractivity contribution < 1.29 is 19.1 Å². The highest BCUT2D eigenvalue weighted by molar-refractivity contribution is 7.06. The number of carboxylic acids is 1. The molecular formula is C15H16FN3O3S. The zero-order valence-electron chi connectivity index (χ0n) is 12.4. The number of carboxylic acid groups (broad SMARTS) is 1. The molecule has 0 aliphatic rings. The molecular weight excluding hydrogens is 321 g/mol. The maximum Gasteiger partial charge on any atom is 0.322 e. The Balaban J connectivity index is 2.24. The van der Waals surface area contributed by atoms with E-state index in [0.29, 0.717) is 5.56 Å². The van der Waals surface area contributed by atoms with E-state index in [1.165, 1.54) is 23.7 Å². The van der Waals surface area contributed by atoms with Gasteiger partial charge in [-0.25, -0.2) is 8.76 Å². The minimum Gasteiger partial charge on any atom is -0.480 e. The van der Waals surface area contributed by atoms with Gasteiger partial charge in [-0.15, -0.1) is 0 Å². The van der Waals surface area contributed by atoms with Crippen LogP contribution in [0.25, 0.3) is 11.1 Å². The van der Waals surface area contributed by atoms with Gasteiger partial charge in [0.1, 0.15) is 11.9 Å². The Morgan fingerprint density at radius 3 is 2.87 bits per heavy atom. The molecule has 0 fully saturated rings. The largest absolute Gasteiger partial charge is 0.480 e. The van der Waals surface area contributed by atoms with Gasteiger partial charge >= 0.3 is 5.97 Å². The number of nitrogens with zero attached hydrogens (tertiary/aromatic N) is 1. The number of benzene rings is 1. The lowest BCUT2D eigenvalue weighted by molar-refractivity contribution is -0.138. The third kappa shape index (κ3) is 3.91. The number of nitrogens with two attached hydrogens (primary N) is 1. The summed E-state index contributed by atoms with van der Waals surface area (Å²) in [4.78, 5) is 23.7. The monoisotopic (exact) mass is 337 g/mol. The predicted molar refractivity (Wildman–Crippen MR) is 84.8 cm³/mol. The van der Waals surface area contributed by atoms with Gasteiger partial charge in [-0.05, 0) is 35.6 Å². The van der Waals surface area contributed by atoms with Crippen LogP contribution in [0.15, 0.2) is 24.4 Å². The van der Waals surface area contributed by atoms with E-state index >= 15 is 0 Å². The van der Waals surface area contributed by atoms with Gasteiger partial charge in [-0.2, -0.15) is 0 Å². The number of hydrogen-bond acceptors (Lipinski definition) is 5. The molecule has 122 valence electrons. The molecule has 1 heterocycles. The first-order valence-electron chi connectivity index (χ1n) is 6.94. The van der Waals surface area contributed by atoms with Gasteiger partial charge in [0.2, 0.25) is 0 Å². The molecule has 0 saturated heterocycles. The summed E-state index contributed by atoms with van der Waals surface area (Å²) in [5.41, 5.74) is 6.69. The molecule has 0 spiro atoms. The summed E-state index contributed by atoms with van der Waals surface area (Å²) in [6, 6.07) is 2.98. The van der Waals surface area contributed by atoms with Crippen molar-refractivity contribution in [2.75, 3.05) is 6.54 Å². The lowest BCUT2D eigenvalue weighted by atomic mass is 10.0. The van der Waals surface area contributed by atoms with Gasteiger partial charge in [0.15, 0.2) is 0 Å². The van der Waals surface area contributed by atoms with Crippen LogP contribution >= 0.6 is 11.5 Å². The van der Waals surface area contributed by atoms with Gasteiger partial charge in [0.25, 0.3) is 5.91 Å². The Labute approximate surface area is 136 Å². The Morgan fingerprint density at radius 2 is 2.22 bits per heavy atom. The van der Waals surface area contributed by atoms with Crippen molar-refractivity contribution in [1.82, 2.24) is 9.69 Å². The van der Waals surface area contributed by atoms with Crippen LogP contribution in [0, 0.1) is 5.82 Å². The van der Waals surface area contributed by atoms with Crippen LogP contribution in [0.2, 0.25) is 0 Å². The van der Waals surface area contributed by atoms with Crippen molar-refractivity contribution in [2.45, 2.75) is 19.4 Å². The minimum absolute atomic E-state index is 0.159. The van der Waals surface area contributed by atoms with Crippen molar-refractivity contribution >= 4 is 23.4 Å². The SMILES string of the molecule is CCc1sncc1-c1ccc(F)c(C(=O)NC[C@@H](N)C(=O)O)c1. The first-order valence-corrected chi connectivity index (χ1v) is 7.71. The Kier molecular flexibility index (Phi) is 5.41. The molecule has 4 N–H and O–H groups in total. The van der Waals surface area contributed by atoms with E-state index in [-0.39, 0.29) is 12.1 Å². The molecule has 1 amide bonds. The van der Waals surface area contributed by atoms with Crippen LogP contribution in [-0.2, 0) is 11.2 Å². The Morgan fingerprint density at radius 1 is 1.48 bits per heavy atom. The number of carbonyl (C=O) groups excluding carboxylic acids is 1. The van der Waals surface area contributed by atoms with Crippen LogP contribution in [0.3, 0.4) is 0 Å². The van der Waals surface area contributed by atoms with Gasteiger partial charge < -0.3 is 16.2 Å². The average Bonchev–Trinajstić information content (AvgIpc) is 3.01. The molecule has 8 heteroatoms. The minimum atomic E-state index is -1.24. The first kappa shape index (κ1) is 17.0. The van der Waals surface area contributed by atoms with E-state index in [4.69, 9.17) is 10.8 Å². The first-order chi connectivity index (χ1) is 10.9. The number of aryl methyl sites for hydroxylation is 1. The van der Waals surface area contributed by atoms with Crippen LogP contribution in [-0.4, -0.2) is 33.9 Å². The molecule has 1 aromatic carbocycles. The molecule has 2 aromatic rings. The van der Waals surface area contributed by atoms with Crippen molar-refractivity contribution in [2.24, 2.45) is 5.73 Å². The smallest absolute Gasteiger partial charge is 0.322 e. The predicted octanol–water partition coefficient (Wildman–Crippen LogP) is 1.65. The highest BCUT2D eigenvalue weighted by atomic mass is 32.1. The normalized spacial score (nSPS) is 12.0. The zero-order chi connectivity index (χ0) is 17.0. The van der Waals surface area contributed by atoms with Crippen molar-refractivity contribution in [3.8, 4) is 11.1 Å². The number of amides is 1. The summed E-state index contributed by atoms with van der Waals surface area (Å²) >= 11 is 1.35. The van der Waals surface area contributed by atoms with Gasteiger partial charge in [0, 0.05) is 23.2 Å². The molecule has 0 aliphatic heterocycles. The summed E-state index contributed by atoms with van der Waals surface area (Å²) in [6.45, 7) is 1.71. The third-order valence-electron chi connectivity index (χ3n) is 3.29. The molecule has 0 unspecified atom stereocenters. The van der Waals surface area contributed by atoms with E-state index in [1.54, 1.807) is 12.3 Å². The molecule has 0 saturated carbocycles. The molecule has 0 bridgehead atoms. The lowest BCUT2D eigenvalue weighted by Gasteiger charge is -2.10. The molecule has 6 nitrogen and oxygen atoms in total. The molecule has 0 radical (unpaired) electrons. The summed E-state index contributed by atoms with van der Waals surface area (Å²) in [5, 5.41) is 11.0. The van der Waals surface area contributed by atoms with Crippen LogP contribution in [0.4, 0.5) is 4.39 Å². The second-order valence-corrected chi connectivity index (χ2v) is 5.75. The number of rotatable bonds is 6. The number of carbonyl (C=O) groups is 2. The van der Waals surface area contributed by atoms with E-state index in [1.807, 2.05) is 6.92 Å².